The van der Waals surface area contributed by atoms with Crippen molar-refractivity contribution < 1.29 is 35.5 Å². The Bertz CT molecular complexity index is 831. The van der Waals surface area contributed by atoms with Gasteiger partial charge < -0.3 is 9.80 Å². The first-order valence-electron chi connectivity index (χ1n) is 10.5. The topological polar surface area (TPSA) is 23.6 Å². The van der Waals surface area contributed by atoms with Crippen molar-refractivity contribution in [1.29, 1.82) is 0 Å². The average molecular weight is 452 g/mol. The Morgan fingerprint density at radius 3 is 2.13 bits per heavy atom. The molecule has 0 saturated carbocycles. The second-order valence-corrected chi connectivity index (χ2v) is 8.59. The molecule has 3 aliphatic rings. The first-order chi connectivity index (χ1) is 14.4. The van der Waals surface area contributed by atoms with E-state index >= 15 is 0 Å². The summed E-state index contributed by atoms with van der Waals surface area (Å²) in [4.78, 5) is 16.5. The van der Waals surface area contributed by atoms with Crippen molar-refractivity contribution in [2.45, 2.75) is 68.5 Å². The molecule has 0 radical (unpaired) electrons. The Kier molecular flexibility index (Phi) is 5.41. The van der Waals surface area contributed by atoms with Crippen LogP contribution in [0.4, 0.5) is 35.5 Å². The van der Waals surface area contributed by atoms with Crippen LogP contribution in [0.2, 0.25) is 0 Å². The minimum atomic E-state index is -6.12. The Labute approximate surface area is 175 Å². The van der Waals surface area contributed by atoms with Crippen LogP contribution in [-0.4, -0.2) is 53.9 Å². The Morgan fingerprint density at radius 2 is 1.52 bits per heavy atom. The number of carbonyl (C=O) groups excluding carboxylic acids is 1. The number of urea groups is 1. The molecule has 2 fully saturated rings. The van der Waals surface area contributed by atoms with Crippen molar-refractivity contribution in [3.63, 3.8) is 0 Å². The Hall–Kier alpha value is -2.00. The van der Waals surface area contributed by atoms with Crippen molar-refractivity contribution in [2.24, 2.45) is 0 Å². The molecule has 1 aromatic carbocycles. The number of nitrogens with zero attached hydrogens (tertiary/aromatic N) is 2. The van der Waals surface area contributed by atoms with E-state index in [0.29, 0.717) is 55.7 Å². The number of rotatable bonds is 1. The van der Waals surface area contributed by atoms with Gasteiger partial charge >= 0.3 is 24.1 Å². The van der Waals surface area contributed by atoms with E-state index in [4.69, 9.17) is 0 Å². The summed E-state index contributed by atoms with van der Waals surface area (Å²) in [6.45, 7) is 1.88. The van der Waals surface area contributed by atoms with Crippen LogP contribution < -0.4 is 0 Å². The van der Waals surface area contributed by atoms with E-state index in [9.17, 15) is 35.5 Å². The molecule has 4 rings (SSSR count). The van der Waals surface area contributed by atoms with Crippen molar-refractivity contribution in [1.82, 2.24) is 9.80 Å². The molecule has 2 aliphatic heterocycles. The van der Waals surface area contributed by atoms with Crippen molar-refractivity contribution >= 4 is 6.03 Å². The highest BCUT2D eigenvalue weighted by molar-refractivity contribution is 5.75. The van der Waals surface area contributed by atoms with Crippen LogP contribution in [0.1, 0.15) is 54.7 Å². The van der Waals surface area contributed by atoms with Crippen molar-refractivity contribution in [3.05, 3.63) is 34.9 Å². The summed E-state index contributed by atoms with van der Waals surface area (Å²) in [7, 11) is 0. The van der Waals surface area contributed by atoms with Crippen LogP contribution in [0, 0.1) is 0 Å². The third-order valence-corrected chi connectivity index (χ3v) is 6.85. The van der Waals surface area contributed by atoms with Crippen LogP contribution in [0.25, 0.3) is 0 Å². The van der Waals surface area contributed by atoms with Crippen LogP contribution in [-0.2, 0) is 12.1 Å². The summed E-state index contributed by atoms with van der Waals surface area (Å²) in [6, 6.07) is 2.29. The molecule has 2 heterocycles. The number of alkyl halides is 7. The highest BCUT2D eigenvalue weighted by atomic mass is 19.4. The monoisotopic (exact) mass is 452 g/mol. The molecule has 172 valence electrons. The van der Waals surface area contributed by atoms with Gasteiger partial charge in [0, 0.05) is 37.2 Å². The zero-order valence-electron chi connectivity index (χ0n) is 16.7. The van der Waals surface area contributed by atoms with Gasteiger partial charge in [-0.15, -0.1) is 0 Å². The maximum Gasteiger partial charge on any atom is 0.435 e. The third-order valence-electron chi connectivity index (χ3n) is 6.85. The van der Waals surface area contributed by atoms with Gasteiger partial charge in [0.2, 0.25) is 0 Å². The summed E-state index contributed by atoms with van der Waals surface area (Å²) in [5, 5.41) is 0. The van der Waals surface area contributed by atoms with Gasteiger partial charge in [-0.2, -0.15) is 26.3 Å². The van der Waals surface area contributed by atoms with E-state index in [1.54, 1.807) is 4.90 Å². The maximum absolute atomic E-state index is 14.4. The molecule has 1 aromatic rings. The number of halogens is 7. The summed E-state index contributed by atoms with van der Waals surface area (Å²) in [5.41, 5.74) is -5.95. The molecule has 2 atom stereocenters. The molecule has 10 heteroatoms. The summed E-state index contributed by atoms with van der Waals surface area (Å²) < 4.78 is 93.1. The van der Waals surface area contributed by atoms with E-state index in [1.807, 2.05) is 4.90 Å². The van der Waals surface area contributed by atoms with E-state index in [1.165, 1.54) is 6.07 Å². The van der Waals surface area contributed by atoms with Gasteiger partial charge in [-0.1, -0.05) is 18.2 Å². The smallest absolute Gasteiger partial charge is 0.325 e. The van der Waals surface area contributed by atoms with Gasteiger partial charge in [0.05, 0.1) is 0 Å². The number of likely N-dealkylation sites (tertiary alicyclic amines) is 2. The minimum Gasteiger partial charge on any atom is -0.325 e. The fourth-order valence-corrected chi connectivity index (χ4v) is 5.27. The van der Waals surface area contributed by atoms with Gasteiger partial charge in [-0.3, -0.25) is 0 Å². The van der Waals surface area contributed by atoms with E-state index in [0.717, 1.165) is 19.3 Å². The van der Waals surface area contributed by atoms with Crippen LogP contribution in [0.5, 0.6) is 0 Å². The molecule has 0 spiro atoms. The zero-order chi connectivity index (χ0) is 22.6. The maximum atomic E-state index is 14.4. The Morgan fingerprint density at radius 1 is 0.871 bits per heavy atom. The van der Waals surface area contributed by atoms with E-state index in [-0.39, 0.29) is 24.4 Å². The number of piperidine rings is 1. The largest absolute Gasteiger partial charge is 0.435 e. The second kappa shape index (κ2) is 7.55. The lowest BCUT2D eigenvalue weighted by Crippen LogP contribution is -2.50. The fraction of sp³-hybridized carbons (Fsp3) is 0.667. The third kappa shape index (κ3) is 3.55. The predicted octanol–water partition coefficient (Wildman–Crippen LogP) is 5.69. The van der Waals surface area contributed by atoms with Gasteiger partial charge in [0.25, 0.3) is 0 Å². The van der Waals surface area contributed by atoms with Crippen molar-refractivity contribution in [2.75, 3.05) is 19.6 Å². The van der Waals surface area contributed by atoms with Gasteiger partial charge in [0.1, 0.15) is 0 Å². The zero-order valence-corrected chi connectivity index (χ0v) is 16.7. The van der Waals surface area contributed by atoms with Gasteiger partial charge in [0.15, 0.2) is 0 Å². The van der Waals surface area contributed by atoms with Crippen LogP contribution >= 0.6 is 0 Å². The lowest BCUT2D eigenvalue weighted by Gasteiger charge is -2.38. The number of fused-ring (bicyclic) bond motifs is 3. The second-order valence-electron chi connectivity index (χ2n) is 8.59. The van der Waals surface area contributed by atoms with Crippen LogP contribution in [0.3, 0.4) is 0 Å². The molecule has 1 aliphatic carbocycles. The summed E-state index contributed by atoms with van der Waals surface area (Å²) in [6.07, 6.45) is -8.07. The molecule has 31 heavy (non-hydrogen) atoms. The highest BCUT2D eigenvalue weighted by Gasteiger charge is 2.73. The number of carbonyl (C=O) groups is 1. The lowest BCUT2D eigenvalue weighted by atomic mass is 9.77. The SMILES string of the molecule is O=C(N1CCCCC1)N1CCC2c3ccc(C(F)(C(F)(F)F)C(F)(F)F)cc3CCC21. The van der Waals surface area contributed by atoms with E-state index < -0.39 is 23.6 Å². The standard InChI is InChI=1S/C21H23F7N2O/c22-19(20(23,24)25,21(26,27)28)14-5-6-15-13(12-14)4-7-17-16(15)8-11-30(17)18(31)29-9-2-1-3-10-29/h5-6,12,16-17H,1-4,7-11H2. The van der Waals surface area contributed by atoms with Crippen molar-refractivity contribution in [3.8, 4) is 0 Å². The molecular formula is C21H23F7N2O. The molecule has 0 aromatic heterocycles. The number of hydrogen-bond acceptors (Lipinski definition) is 1. The molecule has 0 bridgehead atoms. The lowest BCUT2D eigenvalue weighted by molar-refractivity contribution is -0.348. The molecule has 2 amide bonds. The molecule has 3 nitrogen and oxygen atoms in total. The minimum absolute atomic E-state index is 0.0517. The quantitative estimate of drug-likeness (QED) is 0.503. The van der Waals surface area contributed by atoms with Gasteiger partial charge in [-0.25, -0.2) is 9.18 Å². The predicted molar refractivity (Wildman–Crippen MR) is 98.3 cm³/mol. The Balaban J connectivity index is 1.61. The number of benzene rings is 1. The molecule has 2 saturated heterocycles. The molecular weight excluding hydrogens is 429 g/mol. The fourth-order valence-electron chi connectivity index (χ4n) is 5.27. The molecule has 0 N–H and O–H groups in total. The average Bonchev–Trinajstić information content (AvgIpc) is 3.15. The number of aryl methyl sites for hydroxylation is 1. The van der Waals surface area contributed by atoms with Crippen LogP contribution in [0.15, 0.2) is 18.2 Å². The first kappa shape index (κ1) is 22.2. The normalized spacial score (nSPS) is 24.7. The summed E-state index contributed by atoms with van der Waals surface area (Å²) in [5.74, 6) is -0.169. The molecule has 2 unspecified atom stereocenters. The van der Waals surface area contributed by atoms with Gasteiger partial charge in [-0.05, 0) is 49.7 Å². The number of hydrogen-bond donors (Lipinski definition) is 0. The van der Waals surface area contributed by atoms with E-state index in [2.05, 4.69) is 0 Å². The summed E-state index contributed by atoms with van der Waals surface area (Å²) >= 11 is 0. The first-order valence-corrected chi connectivity index (χ1v) is 10.5. The number of amides is 2. The highest BCUT2D eigenvalue weighted by Crippen LogP contribution is 2.54.